The van der Waals surface area contributed by atoms with Crippen LogP contribution in [0.1, 0.15) is 36.0 Å². The molecule has 1 aliphatic rings. The van der Waals surface area contributed by atoms with Gasteiger partial charge >= 0.3 is 0 Å². The molecule has 0 unspecified atom stereocenters. The number of amides is 2. The minimum absolute atomic E-state index is 0.0856. The Morgan fingerprint density at radius 1 is 1.06 bits per heavy atom. The largest absolute Gasteiger partial charge is 0.353 e. The van der Waals surface area contributed by atoms with Crippen molar-refractivity contribution in [3.63, 3.8) is 0 Å². The van der Waals surface area contributed by atoms with Crippen molar-refractivity contribution >= 4 is 23.6 Å². The molecule has 1 aliphatic heterocycles. The number of hydrogen-bond acceptors (Lipinski definition) is 4. The molecule has 0 atom stereocenters. The summed E-state index contributed by atoms with van der Waals surface area (Å²) >= 11 is 1.47. The zero-order valence-electron chi connectivity index (χ0n) is 19.9. The average molecular weight is 477 g/mol. The maximum Gasteiger partial charge on any atom is 0.233 e. The fourth-order valence-electron chi connectivity index (χ4n) is 4.38. The van der Waals surface area contributed by atoms with E-state index in [-0.39, 0.29) is 17.9 Å². The molecule has 1 saturated heterocycles. The van der Waals surface area contributed by atoms with Crippen molar-refractivity contribution in [2.75, 3.05) is 18.8 Å². The first-order chi connectivity index (χ1) is 16.5. The summed E-state index contributed by atoms with van der Waals surface area (Å²) in [5.41, 5.74) is 4.64. The van der Waals surface area contributed by atoms with E-state index in [4.69, 9.17) is 0 Å². The van der Waals surface area contributed by atoms with Crippen LogP contribution in [0.4, 0.5) is 0 Å². The zero-order chi connectivity index (χ0) is 23.9. The second-order valence-corrected chi connectivity index (χ2v) is 9.87. The van der Waals surface area contributed by atoms with Crippen LogP contribution in [0.2, 0.25) is 0 Å². The molecule has 3 aromatic rings. The Balaban J connectivity index is 1.22. The first-order valence-electron chi connectivity index (χ1n) is 11.8. The highest BCUT2D eigenvalue weighted by atomic mass is 32.2. The Bertz CT molecular complexity index is 1100. The van der Waals surface area contributed by atoms with Crippen molar-refractivity contribution < 1.29 is 9.59 Å². The van der Waals surface area contributed by atoms with Gasteiger partial charge in [-0.1, -0.05) is 48.2 Å². The van der Waals surface area contributed by atoms with Crippen molar-refractivity contribution in [3.8, 4) is 5.69 Å². The highest BCUT2D eigenvalue weighted by Gasteiger charge is 2.24. The number of piperidine rings is 1. The van der Waals surface area contributed by atoms with Crippen molar-refractivity contribution in [2.45, 2.75) is 50.7 Å². The summed E-state index contributed by atoms with van der Waals surface area (Å²) in [4.78, 5) is 31.5. The molecule has 34 heavy (non-hydrogen) atoms. The van der Waals surface area contributed by atoms with E-state index in [0.29, 0.717) is 25.3 Å². The summed E-state index contributed by atoms with van der Waals surface area (Å²) in [6.07, 6.45) is 6.55. The van der Waals surface area contributed by atoms with Crippen LogP contribution in [0.25, 0.3) is 5.69 Å². The van der Waals surface area contributed by atoms with E-state index in [1.54, 1.807) is 6.20 Å². The van der Waals surface area contributed by atoms with Crippen LogP contribution in [0.15, 0.2) is 66.1 Å². The molecule has 2 aromatic carbocycles. The van der Waals surface area contributed by atoms with Crippen LogP contribution in [0.5, 0.6) is 0 Å². The molecule has 0 spiro atoms. The number of likely N-dealkylation sites (tertiary alicyclic amines) is 1. The van der Waals surface area contributed by atoms with Crippen LogP contribution in [-0.4, -0.2) is 51.1 Å². The second kappa shape index (κ2) is 11.4. The maximum atomic E-state index is 12.8. The maximum absolute atomic E-state index is 12.8. The smallest absolute Gasteiger partial charge is 0.233 e. The average Bonchev–Trinajstić information content (AvgIpc) is 3.30. The van der Waals surface area contributed by atoms with Gasteiger partial charge in [-0.3, -0.25) is 14.2 Å². The van der Waals surface area contributed by atoms with Gasteiger partial charge in [0.05, 0.1) is 5.75 Å². The number of carbonyl (C=O) groups is 2. The first-order valence-corrected chi connectivity index (χ1v) is 12.8. The molecule has 4 rings (SSSR count). The molecule has 0 aliphatic carbocycles. The predicted molar refractivity (Wildman–Crippen MR) is 136 cm³/mol. The van der Waals surface area contributed by atoms with E-state index < -0.39 is 0 Å². The molecular formula is C27H32N4O2S. The number of nitrogens with one attached hydrogen (secondary N) is 1. The summed E-state index contributed by atoms with van der Waals surface area (Å²) in [5.74, 6) is 0.562. The van der Waals surface area contributed by atoms with Crippen molar-refractivity contribution in [2.24, 2.45) is 0 Å². The predicted octanol–water partition coefficient (Wildman–Crippen LogP) is 4.32. The van der Waals surface area contributed by atoms with Crippen LogP contribution in [0, 0.1) is 13.8 Å². The zero-order valence-corrected chi connectivity index (χ0v) is 20.7. The second-order valence-electron chi connectivity index (χ2n) is 8.92. The third-order valence-electron chi connectivity index (χ3n) is 6.11. The molecular weight excluding hydrogens is 444 g/mol. The Morgan fingerprint density at radius 3 is 2.47 bits per heavy atom. The number of carbonyl (C=O) groups excluding carboxylic acids is 2. The molecule has 1 N–H and O–H groups in total. The van der Waals surface area contributed by atoms with Crippen molar-refractivity contribution in [3.05, 3.63) is 77.6 Å². The monoisotopic (exact) mass is 476 g/mol. The number of thioether (sulfide) groups is 1. The number of benzene rings is 2. The lowest BCUT2D eigenvalue weighted by atomic mass is 10.0. The molecule has 1 aromatic heterocycles. The van der Waals surface area contributed by atoms with Gasteiger partial charge < -0.3 is 10.2 Å². The summed E-state index contributed by atoms with van der Waals surface area (Å²) < 4.78 is 2.04. The summed E-state index contributed by atoms with van der Waals surface area (Å²) in [7, 11) is 0. The SMILES string of the molecule is Cc1cc(C)cc(-n2ccnc2SCC(=O)N2CCC(NC(=O)CCc3ccccc3)CC2)c1. The van der Waals surface area contributed by atoms with Crippen LogP contribution >= 0.6 is 11.8 Å². The Kier molecular flexibility index (Phi) is 8.06. The molecule has 2 heterocycles. The quantitative estimate of drug-likeness (QED) is 0.492. The fraction of sp³-hybridized carbons (Fsp3) is 0.370. The Hall–Kier alpha value is -3.06. The standard InChI is InChI=1S/C27H32N4O2S/c1-20-16-21(2)18-24(17-20)31-15-12-28-27(31)34-19-26(33)30-13-10-23(11-14-30)29-25(32)9-8-22-6-4-3-5-7-22/h3-7,12,15-18,23H,8-11,13-14,19H2,1-2H3,(H,29,32). The normalized spacial score (nSPS) is 14.2. The fourth-order valence-corrected chi connectivity index (χ4v) is 5.25. The minimum Gasteiger partial charge on any atom is -0.353 e. The number of rotatable bonds is 8. The molecule has 0 saturated carbocycles. The topological polar surface area (TPSA) is 67.2 Å². The summed E-state index contributed by atoms with van der Waals surface area (Å²) in [5, 5.41) is 3.96. The molecule has 7 heteroatoms. The summed E-state index contributed by atoms with van der Waals surface area (Å²) in [6, 6.07) is 16.6. The number of imidazole rings is 1. The van der Waals surface area contributed by atoms with Gasteiger partial charge in [-0.2, -0.15) is 0 Å². The Morgan fingerprint density at radius 2 is 1.76 bits per heavy atom. The Labute approximate surface area is 205 Å². The minimum atomic E-state index is 0.0856. The summed E-state index contributed by atoms with van der Waals surface area (Å²) in [6.45, 7) is 5.52. The highest BCUT2D eigenvalue weighted by molar-refractivity contribution is 7.99. The molecule has 178 valence electrons. The lowest BCUT2D eigenvalue weighted by Crippen LogP contribution is -2.47. The van der Waals surface area contributed by atoms with E-state index in [0.717, 1.165) is 30.1 Å². The third-order valence-corrected chi connectivity index (χ3v) is 7.06. The van der Waals surface area contributed by atoms with E-state index in [1.807, 2.05) is 46.0 Å². The highest BCUT2D eigenvalue weighted by Crippen LogP contribution is 2.23. The number of aromatic nitrogens is 2. The van der Waals surface area contributed by atoms with Gasteiger partial charge in [0.1, 0.15) is 0 Å². The van der Waals surface area contributed by atoms with Gasteiger partial charge in [0, 0.05) is 43.6 Å². The van der Waals surface area contributed by atoms with Gasteiger partial charge in [0.25, 0.3) is 0 Å². The molecule has 0 bridgehead atoms. The van der Waals surface area contributed by atoms with E-state index >= 15 is 0 Å². The molecule has 6 nitrogen and oxygen atoms in total. The molecule has 2 amide bonds. The number of hydrogen-bond donors (Lipinski definition) is 1. The van der Waals surface area contributed by atoms with Gasteiger partial charge in [-0.15, -0.1) is 0 Å². The van der Waals surface area contributed by atoms with Crippen LogP contribution < -0.4 is 5.32 Å². The first kappa shape index (κ1) is 24.1. The molecule has 0 radical (unpaired) electrons. The van der Waals surface area contributed by atoms with Gasteiger partial charge in [0.15, 0.2) is 5.16 Å². The van der Waals surface area contributed by atoms with Crippen molar-refractivity contribution in [1.29, 1.82) is 0 Å². The lowest BCUT2D eigenvalue weighted by Gasteiger charge is -2.32. The van der Waals surface area contributed by atoms with E-state index in [9.17, 15) is 9.59 Å². The van der Waals surface area contributed by atoms with Crippen molar-refractivity contribution in [1.82, 2.24) is 19.8 Å². The third kappa shape index (κ3) is 6.50. The van der Waals surface area contributed by atoms with E-state index in [2.05, 4.69) is 42.3 Å². The van der Waals surface area contributed by atoms with E-state index in [1.165, 1.54) is 28.5 Å². The lowest BCUT2D eigenvalue weighted by molar-refractivity contribution is -0.129. The van der Waals surface area contributed by atoms with Gasteiger partial charge in [-0.05, 0) is 61.9 Å². The number of nitrogens with zero attached hydrogens (tertiary/aromatic N) is 3. The van der Waals surface area contributed by atoms with Crippen LogP contribution in [0.3, 0.4) is 0 Å². The molecule has 1 fully saturated rings. The number of aryl methyl sites for hydroxylation is 3. The van der Waals surface area contributed by atoms with Crippen LogP contribution in [-0.2, 0) is 16.0 Å². The van der Waals surface area contributed by atoms with Gasteiger partial charge in [0.2, 0.25) is 11.8 Å². The van der Waals surface area contributed by atoms with Gasteiger partial charge in [-0.25, -0.2) is 4.98 Å².